The molecule has 0 N–H and O–H groups in total. The second kappa shape index (κ2) is 9.02. The number of ether oxygens (including phenoxy) is 1. The Balaban J connectivity index is 2.46. The number of benzene rings is 2. The molecule has 2 aromatic carbocycles. The van der Waals surface area contributed by atoms with Gasteiger partial charge in [0.25, 0.3) is 0 Å². The fourth-order valence-corrected chi connectivity index (χ4v) is 2.55. The molecule has 3 nitrogen and oxygen atoms in total. The fourth-order valence-electron chi connectivity index (χ4n) is 2.55. The van der Waals surface area contributed by atoms with E-state index >= 15 is 0 Å². The van der Waals surface area contributed by atoms with Crippen LogP contribution in [0.15, 0.2) is 65.7 Å². The Kier molecular flexibility index (Phi) is 6.74. The first-order chi connectivity index (χ1) is 11.6. The summed E-state index contributed by atoms with van der Waals surface area (Å²) in [6.45, 7) is 6.37. The van der Waals surface area contributed by atoms with Crippen LogP contribution in [0, 0.1) is 5.92 Å². The molecular formula is C21H25NO2. The third kappa shape index (κ3) is 5.05. The monoisotopic (exact) mass is 323 g/mol. The number of aliphatic imine (C=N–C) groups is 1. The van der Waals surface area contributed by atoms with E-state index in [9.17, 15) is 4.79 Å². The minimum Gasteiger partial charge on any atom is -0.464 e. The maximum atomic E-state index is 12.3. The number of rotatable bonds is 7. The molecule has 0 aliphatic heterocycles. The molecule has 1 atom stereocenters. The number of hydrogen-bond acceptors (Lipinski definition) is 3. The van der Waals surface area contributed by atoms with Gasteiger partial charge < -0.3 is 4.74 Å². The topological polar surface area (TPSA) is 38.7 Å². The molecule has 24 heavy (non-hydrogen) atoms. The minimum atomic E-state index is -0.486. The highest BCUT2D eigenvalue weighted by molar-refractivity contribution is 6.13. The first kappa shape index (κ1) is 17.9. The summed E-state index contributed by atoms with van der Waals surface area (Å²) in [5.41, 5.74) is 2.83. The molecular weight excluding hydrogens is 298 g/mol. The Morgan fingerprint density at radius 3 is 1.88 bits per heavy atom. The van der Waals surface area contributed by atoms with Crippen LogP contribution in [0.1, 0.15) is 38.3 Å². The molecule has 0 spiro atoms. The molecule has 0 heterocycles. The molecule has 0 aliphatic carbocycles. The maximum absolute atomic E-state index is 12.3. The normalized spacial score (nSPS) is 11.8. The molecule has 126 valence electrons. The minimum absolute atomic E-state index is 0.254. The van der Waals surface area contributed by atoms with Crippen molar-refractivity contribution >= 4 is 11.7 Å². The van der Waals surface area contributed by atoms with Gasteiger partial charge >= 0.3 is 5.97 Å². The van der Waals surface area contributed by atoms with E-state index in [1.165, 1.54) is 0 Å². The molecule has 0 fully saturated rings. The molecule has 2 rings (SSSR count). The molecule has 0 saturated carbocycles. The summed E-state index contributed by atoms with van der Waals surface area (Å²) in [5, 5.41) is 0. The summed E-state index contributed by atoms with van der Waals surface area (Å²) in [6, 6.07) is 19.5. The Hall–Kier alpha value is -2.42. The van der Waals surface area contributed by atoms with Gasteiger partial charge in [-0.2, -0.15) is 0 Å². The molecule has 0 saturated heterocycles. The summed E-state index contributed by atoms with van der Waals surface area (Å²) < 4.78 is 5.23. The molecule has 0 aromatic heterocycles. The largest absolute Gasteiger partial charge is 0.464 e. The fraction of sp³-hybridized carbons (Fsp3) is 0.333. The lowest BCUT2D eigenvalue weighted by atomic mass is 10.00. The van der Waals surface area contributed by atoms with Crippen LogP contribution in [0.2, 0.25) is 0 Å². The molecule has 0 radical (unpaired) electrons. The molecule has 1 unspecified atom stereocenters. The van der Waals surface area contributed by atoms with Gasteiger partial charge in [0.2, 0.25) is 0 Å². The van der Waals surface area contributed by atoms with Crippen molar-refractivity contribution in [3.05, 3.63) is 71.8 Å². The third-order valence-electron chi connectivity index (χ3n) is 3.63. The summed E-state index contributed by atoms with van der Waals surface area (Å²) in [6.07, 6.45) is 0.669. The zero-order valence-corrected chi connectivity index (χ0v) is 14.6. The van der Waals surface area contributed by atoms with Crippen LogP contribution < -0.4 is 0 Å². The van der Waals surface area contributed by atoms with Gasteiger partial charge in [0.1, 0.15) is 6.04 Å². The van der Waals surface area contributed by atoms with Crippen LogP contribution in [0.5, 0.6) is 0 Å². The van der Waals surface area contributed by atoms with Gasteiger partial charge in [-0.15, -0.1) is 0 Å². The van der Waals surface area contributed by atoms with Crippen molar-refractivity contribution in [2.24, 2.45) is 10.9 Å². The van der Waals surface area contributed by atoms with E-state index in [4.69, 9.17) is 9.73 Å². The smallest absolute Gasteiger partial charge is 0.330 e. The molecule has 0 bridgehead atoms. The van der Waals surface area contributed by atoms with Crippen LogP contribution in [0.4, 0.5) is 0 Å². The highest BCUT2D eigenvalue weighted by Gasteiger charge is 2.22. The highest BCUT2D eigenvalue weighted by Crippen LogP contribution is 2.16. The van der Waals surface area contributed by atoms with Crippen LogP contribution in [0.3, 0.4) is 0 Å². The summed E-state index contributed by atoms with van der Waals surface area (Å²) >= 11 is 0. The average molecular weight is 323 g/mol. The van der Waals surface area contributed by atoms with E-state index in [1.54, 1.807) is 0 Å². The molecule has 2 aromatic rings. The zero-order valence-electron chi connectivity index (χ0n) is 14.6. The average Bonchev–Trinajstić information content (AvgIpc) is 2.60. The lowest BCUT2D eigenvalue weighted by Gasteiger charge is -2.16. The van der Waals surface area contributed by atoms with Crippen molar-refractivity contribution in [3.63, 3.8) is 0 Å². The second-order valence-corrected chi connectivity index (χ2v) is 6.11. The van der Waals surface area contributed by atoms with Crippen LogP contribution in [-0.4, -0.2) is 24.3 Å². The maximum Gasteiger partial charge on any atom is 0.330 e. The Bertz CT molecular complexity index is 621. The number of hydrogen-bond donors (Lipinski definition) is 0. The highest BCUT2D eigenvalue weighted by atomic mass is 16.5. The number of carbonyl (C=O) groups is 1. The first-order valence-corrected chi connectivity index (χ1v) is 8.47. The predicted octanol–water partition coefficient (Wildman–Crippen LogP) is 4.50. The van der Waals surface area contributed by atoms with Gasteiger partial charge in [0.15, 0.2) is 0 Å². The molecule has 3 heteroatoms. The van der Waals surface area contributed by atoms with E-state index in [1.807, 2.05) is 67.6 Å². The van der Waals surface area contributed by atoms with Crippen molar-refractivity contribution in [3.8, 4) is 0 Å². The SMILES string of the molecule is CCOC(=O)C(CC(C)C)N=C(c1ccccc1)c1ccccc1. The van der Waals surface area contributed by atoms with Crippen molar-refractivity contribution in [1.29, 1.82) is 0 Å². The lowest BCUT2D eigenvalue weighted by molar-refractivity contribution is -0.144. The van der Waals surface area contributed by atoms with E-state index < -0.39 is 6.04 Å². The van der Waals surface area contributed by atoms with Gasteiger partial charge in [0.05, 0.1) is 12.3 Å². The molecule has 0 aliphatic rings. The van der Waals surface area contributed by atoms with Crippen LogP contribution in [-0.2, 0) is 9.53 Å². The number of nitrogens with zero attached hydrogens (tertiary/aromatic N) is 1. The quantitative estimate of drug-likeness (QED) is 0.556. The van der Waals surface area contributed by atoms with Gasteiger partial charge in [-0.1, -0.05) is 74.5 Å². The standard InChI is InChI=1S/C21H25NO2/c1-4-24-21(23)19(15-16(2)3)22-20(17-11-7-5-8-12-17)18-13-9-6-10-14-18/h5-14,16,19H,4,15H2,1-3H3. The summed E-state index contributed by atoms with van der Waals surface area (Å²) in [5.74, 6) is 0.103. The third-order valence-corrected chi connectivity index (χ3v) is 3.63. The van der Waals surface area contributed by atoms with Gasteiger partial charge in [-0.3, -0.25) is 4.99 Å². The van der Waals surface area contributed by atoms with Gasteiger partial charge in [-0.05, 0) is 19.3 Å². The van der Waals surface area contributed by atoms with E-state index in [0.717, 1.165) is 16.8 Å². The summed E-state index contributed by atoms with van der Waals surface area (Å²) in [4.78, 5) is 17.2. The van der Waals surface area contributed by atoms with Gasteiger partial charge in [-0.25, -0.2) is 4.79 Å². The van der Waals surface area contributed by atoms with E-state index in [2.05, 4.69) is 13.8 Å². The van der Waals surface area contributed by atoms with Crippen LogP contribution >= 0.6 is 0 Å². The second-order valence-electron chi connectivity index (χ2n) is 6.11. The number of esters is 1. The first-order valence-electron chi connectivity index (χ1n) is 8.47. The summed E-state index contributed by atoms with van der Waals surface area (Å²) in [7, 11) is 0. The Morgan fingerprint density at radius 1 is 0.958 bits per heavy atom. The van der Waals surface area contributed by atoms with E-state index in [0.29, 0.717) is 18.9 Å². The van der Waals surface area contributed by atoms with Crippen molar-refractivity contribution in [2.45, 2.75) is 33.2 Å². The predicted molar refractivity (Wildman–Crippen MR) is 98.4 cm³/mol. The number of carbonyl (C=O) groups excluding carboxylic acids is 1. The lowest BCUT2D eigenvalue weighted by Crippen LogP contribution is -2.25. The van der Waals surface area contributed by atoms with Crippen molar-refractivity contribution in [1.82, 2.24) is 0 Å². The zero-order chi connectivity index (χ0) is 17.4. The Morgan fingerprint density at radius 2 is 1.46 bits per heavy atom. The van der Waals surface area contributed by atoms with E-state index in [-0.39, 0.29) is 5.97 Å². The van der Waals surface area contributed by atoms with Crippen LogP contribution in [0.25, 0.3) is 0 Å². The van der Waals surface area contributed by atoms with Gasteiger partial charge in [0, 0.05) is 11.1 Å². The molecule has 0 amide bonds. The Labute approximate surface area is 144 Å². The van der Waals surface area contributed by atoms with Crippen molar-refractivity contribution < 1.29 is 9.53 Å². The van der Waals surface area contributed by atoms with Crippen molar-refractivity contribution in [2.75, 3.05) is 6.61 Å².